The molecular formula is C12H16N6O. The van der Waals surface area contributed by atoms with Gasteiger partial charge in [0.15, 0.2) is 5.82 Å². The molecule has 0 spiro atoms. The Morgan fingerprint density at radius 2 is 2.26 bits per heavy atom. The quantitative estimate of drug-likeness (QED) is 0.848. The standard InChI is InChI=1S/C12H16N6O/c19-12-6-9(14-8-15-12)13-7-11-17-16-10-4-2-1-3-5-18(10)11/h6,8H,1-5,7H2,(H2,13,14,15,19). The van der Waals surface area contributed by atoms with Crippen molar-refractivity contribution in [3.8, 4) is 0 Å². The minimum Gasteiger partial charge on any atom is -0.363 e. The molecule has 7 nitrogen and oxygen atoms in total. The molecule has 2 aromatic heterocycles. The molecule has 19 heavy (non-hydrogen) atoms. The summed E-state index contributed by atoms with van der Waals surface area (Å²) in [6.07, 6.45) is 5.97. The van der Waals surface area contributed by atoms with E-state index in [0.717, 1.165) is 24.6 Å². The van der Waals surface area contributed by atoms with E-state index in [1.807, 2.05) is 0 Å². The Morgan fingerprint density at radius 1 is 1.32 bits per heavy atom. The molecule has 1 aliphatic rings. The number of nitrogens with one attached hydrogen (secondary N) is 2. The fourth-order valence-corrected chi connectivity index (χ4v) is 2.31. The molecule has 3 heterocycles. The fraction of sp³-hybridized carbons (Fsp3) is 0.500. The molecule has 2 N–H and O–H groups in total. The third-order valence-corrected chi connectivity index (χ3v) is 3.29. The van der Waals surface area contributed by atoms with Crippen LogP contribution >= 0.6 is 0 Å². The number of aromatic nitrogens is 5. The van der Waals surface area contributed by atoms with E-state index in [0.29, 0.717) is 12.4 Å². The maximum Gasteiger partial charge on any atom is 0.252 e. The van der Waals surface area contributed by atoms with E-state index in [9.17, 15) is 4.79 Å². The van der Waals surface area contributed by atoms with E-state index < -0.39 is 0 Å². The summed E-state index contributed by atoms with van der Waals surface area (Å²) in [6, 6.07) is 1.43. The highest BCUT2D eigenvalue weighted by molar-refractivity contribution is 5.31. The third-order valence-electron chi connectivity index (χ3n) is 3.29. The van der Waals surface area contributed by atoms with Crippen molar-refractivity contribution >= 4 is 5.82 Å². The van der Waals surface area contributed by atoms with Crippen molar-refractivity contribution in [3.63, 3.8) is 0 Å². The molecule has 0 unspecified atom stereocenters. The first-order chi connectivity index (χ1) is 9.33. The van der Waals surface area contributed by atoms with Gasteiger partial charge in [-0.3, -0.25) is 4.79 Å². The van der Waals surface area contributed by atoms with Gasteiger partial charge < -0.3 is 14.9 Å². The maximum atomic E-state index is 11.2. The lowest BCUT2D eigenvalue weighted by Gasteiger charge is -2.08. The lowest BCUT2D eigenvalue weighted by molar-refractivity contribution is 0.609. The van der Waals surface area contributed by atoms with Gasteiger partial charge in [-0.2, -0.15) is 0 Å². The molecule has 0 atom stereocenters. The maximum absolute atomic E-state index is 11.2. The number of hydrogen-bond acceptors (Lipinski definition) is 5. The van der Waals surface area contributed by atoms with E-state index in [1.54, 1.807) is 0 Å². The predicted molar refractivity (Wildman–Crippen MR) is 69.8 cm³/mol. The first kappa shape index (κ1) is 11.9. The normalized spacial score (nSPS) is 14.7. The zero-order valence-corrected chi connectivity index (χ0v) is 10.6. The van der Waals surface area contributed by atoms with Crippen LogP contribution in [0.4, 0.5) is 5.82 Å². The van der Waals surface area contributed by atoms with E-state index in [-0.39, 0.29) is 5.56 Å². The molecule has 2 aromatic rings. The molecule has 0 radical (unpaired) electrons. The lowest BCUT2D eigenvalue weighted by Crippen LogP contribution is -2.13. The Bertz CT molecular complexity index is 617. The second-order valence-corrected chi connectivity index (χ2v) is 4.64. The first-order valence-corrected chi connectivity index (χ1v) is 6.52. The smallest absolute Gasteiger partial charge is 0.252 e. The number of H-pyrrole nitrogens is 1. The summed E-state index contributed by atoms with van der Waals surface area (Å²) in [5.41, 5.74) is -0.169. The highest BCUT2D eigenvalue weighted by Gasteiger charge is 2.14. The molecule has 0 bridgehead atoms. The van der Waals surface area contributed by atoms with Crippen molar-refractivity contribution in [3.05, 3.63) is 34.4 Å². The van der Waals surface area contributed by atoms with Gasteiger partial charge in [-0.1, -0.05) is 6.42 Å². The molecule has 0 fully saturated rings. The number of anilines is 1. The number of nitrogens with zero attached hydrogens (tertiary/aromatic N) is 4. The average molecular weight is 260 g/mol. The molecule has 0 aliphatic carbocycles. The number of aromatic amines is 1. The number of fused-ring (bicyclic) bond motifs is 1. The first-order valence-electron chi connectivity index (χ1n) is 6.52. The third kappa shape index (κ3) is 2.64. The SMILES string of the molecule is O=c1cc(NCc2nnc3n2CCCCC3)nc[nH]1. The Kier molecular flexibility index (Phi) is 3.26. The monoisotopic (exact) mass is 260 g/mol. The fourth-order valence-electron chi connectivity index (χ4n) is 2.31. The zero-order chi connectivity index (χ0) is 13.1. The van der Waals surface area contributed by atoms with Crippen LogP contribution in [0.3, 0.4) is 0 Å². The van der Waals surface area contributed by atoms with Crippen LogP contribution in [-0.2, 0) is 19.5 Å². The zero-order valence-electron chi connectivity index (χ0n) is 10.6. The molecule has 0 aromatic carbocycles. The van der Waals surface area contributed by atoms with Crippen molar-refractivity contribution in [2.45, 2.75) is 38.8 Å². The van der Waals surface area contributed by atoms with Gasteiger partial charge in [0.2, 0.25) is 0 Å². The number of hydrogen-bond donors (Lipinski definition) is 2. The molecule has 0 amide bonds. The largest absolute Gasteiger partial charge is 0.363 e. The van der Waals surface area contributed by atoms with Crippen molar-refractivity contribution in [1.29, 1.82) is 0 Å². The van der Waals surface area contributed by atoms with Crippen LogP contribution in [0, 0.1) is 0 Å². The molecule has 3 rings (SSSR count). The Labute approximate surface area is 110 Å². The van der Waals surface area contributed by atoms with E-state index in [2.05, 4.69) is 30.0 Å². The van der Waals surface area contributed by atoms with Crippen LogP contribution in [0.1, 0.15) is 30.9 Å². The van der Waals surface area contributed by atoms with Crippen LogP contribution in [0.15, 0.2) is 17.2 Å². The summed E-state index contributed by atoms with van der Waals surface area (Å²) in [4.78, 5) is 17.7. The lowest BCUT2D eigenvalue weighted by atomic mass is 10.2. The molecule has 0 saturated heterocycles. The van der Waals surface area contributed by atoms with Gasteiger partial charge in [-0.15, -0.1) is 10.2 Å². The van der Waals surface area contributed by atoms with Gasteiger partial charge in [0.1, 0.15) is 11.6 Å². The van der Waals surface area contributed by atoms with Crippen molar-refractivity contribution in [2.75, 3.05) is 5.32 Å². The Hall–Kier alpha value is -2.18. The molecular weight excluding hydrogens is 244 g/mol. The summed E-state index contributed by atoms with van der Waals surface area (Å²) in [6.45, 7) is 1.51. The molecule has 0 saturated carbocycles. The average Bonchev–Trinajstić information content (AvgIpc) is 2.64. The minimum absolute atomic E-state index is 0.169. The highest BCUT2D eigenvalue weighted by atomic mass is 16.1. The molecule has 7 heteroatoms. The number of aryl methyl sites for hydroxylation is 1. The van der Waals surface area contributed by atoms with Crippen LogP contribution in [0.5, 0.6) is 0 Å². The second kappa shape index (κ2) is 5.21. The van der Waals surface area contributed by atoms with Crippen molar-refractivity contribution in [1.82, 2.24) is 24.7 Å². The van der Waals surface area contributed by atoms with E-state index in [1.165, 1.54) is 31.7 Å². The van der Waals surface area contributed by atoms with Crippen LogP contribution in [0.25, 0.3) is 0 Å². The van der Waals surface area contributed by atoms with E-state index in [4.69, 9.17) is 0 Å². The highest BCUT2D eigenvalue weighted by Crippen LogP contribution is 2.14. The topological polar surface area (TPSA) is 88.5 Å². The van der Waals surface area contributed by atoms with Crippen molar-refractivity contribution < 1.29 is 0 Å². The summed E-state index contributed by atoms with van der Waals surface area (Å²) < 4.78 is 2.17. The Morgan fingerprint density at radius 3 is 3.16 bits per heavy atom. The van der Waals surface area contributed by atoms with Gasteiger partial charge in [0.05, 0.1) is 12.9 Å². The number of rotatable bonds is 3. The van der Waals surface area contributed by atoms with E-state index >= 15 is 0 Å². The van der Waals surface area contributed by atoms with Crippen LogP contribution < -0.4 is 10.9 Å². The predicted octanol–water partition coefficient (Wildman–Crippen LogP) is 0.700. The minimum atomic E-state index is -0.169. The summed E-state index contributed by atoms with van der Waals surface area (Å²) in [5.74, 6) is 2.52. The summed E-state index contributed by atoms with van der Waals surface area (Å²) in [7, 11) is 0. The van der Waals surface area contributed by atoms with Gasteiger partial charge in [0.25, 0.3) is 5.56 Å². The summed E-state index contributed by atoms with van der Waals surface area (Å²) in [5, 5.41) is 11.5. The summed E-state index contributed by atoms with van der Waals surface area (Å²) >= 11 is 0. The van der Waals surface area contributed by atoms with Gasteiger partial charge in [-0.25, -0.2) is 4.98 Å². The van der Waals surface area contributed by atoms with Gasteiger partial charge in [-0.05, 0) is 12.8 Å². The van der Waals surface area contributed by atoms with Crippen LogP contribution in [-0.4, -0.2) is 24.7 Å². The van der Waals surface area contributed by atoms with Crippen molar-refractivity contribution in [2.24, 2.45) is 0 Å². The molecule has 100 valence electrons. The molecule has 1 aliphatic heterocycles. The van der Waals surface area contributed by atoms with Crippen LogP contribution in [0.2, 0.25) is 0 Å². The second-order valence-electron chi connectivity index (χ2n) is 4.64. The van der Waals surface area contributed by atoms with Gasteiger partial charge >= 0.3 is 0 Å². The van der Waals surface area contributed by atoms with Gasteiger partial charge in [0, 0.05) is 19.0 Å². The Balaban J connectivity index is 1.73.